The summed E-state index contributed by atoms with van der Waals surface area (Å²) in [6.07, 6.45) is 5.41. The fraction of sp³-hybridized carbons (Fsp3) is 0.756. The van der Waals surface area contributed by atoms with Crippen LogP contribution in [0.15, 0.2) is 30.3 Å². The number of ether oxygens (including phenoxy) is 4. The molecule has 1 aromatic carbocycles. The molecule has 3 amide bonds. The Hall–Kier alpha value is -3.02. The van der Waals surface area contributed by atoms with Crippen molar-refractivity contribution in [3.05, 3.63) is 30.3 Å². The lowest BCUT2D eigenvalue weighted by molar-refractivity contribution is -0.235. The minimum atomic E-state index is -0.706. The second kappa shape index (κ2) is 34.1. The maximum absolute atomic E-state index is 12.2. The molecule has 2 saturated heterocycles. The van der Waals surface area contributed by atoms with E-state index in [1.807, 2.05) is 58.0 Å². The molecule has 0 aliphatic carbocycles. The largest absolute Gasteiger partial charge is 0.388 e. The van der Waals surface area contributed by atoms with Crippen LogP contribution in [0.4, 0.5) is 5.69 Å². The number of carbonyl (C=O) groups excluding carboxylic acids is 4. The van der Waals surface area contributed by atoms with Gasteiger partial charge in [-0.05, 0) is 70.4 Å². The van der Waals surface area contributed by atoms with E-state index in [-0.39, 0.29) is 62.7 Å². The molecule has 2 aliphatic rings. The van der Waals surface area contributed by atoms with Crippen molar-refractivity contribution in [3.8, 4) is 0 Å². The van der Waals surface area contributed by atoms with Crippen LogP contribution in [0.2, 0.25) is 0 Å². The smallest absolute Gasteiger partial charge is 0.234 e. The molecule has 0 spiro atoms. The minimum absolute atomic E-state index is 0.0115. The average Bonchev–Trinajstić information content (AvgIpc) is 3.18. The number of aldehydes is 1. The number of anilines is 1. The number of para-hydroxylation sites is 1. The van der Waals surface area contributed by atoms with E-state index in [9.17, 15) is 29.4 Å². The summed E-state index contributed by atoms with van der Waals surface area (Å²) in [5, 5.41) is 27.6. The molecule has 2 fully saturated rings. The molecule has 3 rings (SSSR count). The summed E-state index contributed by atoms with van der Waals surface area (Å²) in [7, 11) is 0. The molecule has 2 heterocycles. The van der Waals surface area contributed by atoms with Crippen molar-refractivity contribution in [2.75, 3.05) is 57.8 Å². The van der Waals surface area contributed by atoms with Crippen molar-refractivity contribution in [2.45, 2.75) is 143 Å². The zero-order valence-corrected chi connectivity index (χ0v) is 35.2. The summed E-state index contributed by atoms with van der Waals surface area (Å²) < 4.78 is 21.6. The number of unbranched alkanes of at least 4 members (excludes halogenated alkanes) is 2. The lowest BCUT2D eigenvalue weighted by atomic mass is 10.1. The summed E-state index contributed by atoms with van der Waals surface area (Å²) in [4.78, 5) is 48.8. The zero-order valence-electron chi connectivity index (χ0n) is 35.2. The number of nitrogens with two attached hydrogens (primary N) is 1. The van der Waals surface area contributed by atoms with Gasteiger partial charge in [0.25, 0.3) is 0 Å². The molecule has 0 aromatic heterocycles. The van der Waals surface area contributed by atoms with Crippen molar-refractivity contribution in [2.24, 2.45) is 11.7 Å². The summed E-state index contributed by atoms with van der Waals surface area (Å²) in [6, 6.07) is 9.27. The molecule has 0 radical (unpaired) electrons. The van der Waals surface area contributed by atoms with Crippen LogP contribution in [0.5, 0.6) is 0 Å². The van der Waals surface area contributed by atoms with Crippen LogP contribution in [0.3, 0.4) is 0 Å². The van der Waals surface area contributed by atoms with Crippen LogP contribution < -0.4 is 21.7 Å². The van der Waals surface area contributed by atoms with Gasteiger partial charge >= 0.3 is 0 Å². The third kappa shape index (κ3) is 27.6. The van der Waals surface area contributed by atoms with E-state index in [1.165, 1.54) is 11.3 Å². The van der Waals surface area contributed by atoms with E-state index in [0.717, 1.165) is 43.7 Å². The number of carbonyl (C=O) groups is 4. The van der Waals surface area contributed by atoms with Gasteiger partial charge in [0.05, 0.1) is 45.1 Å². The average molecular weight is 798 g/mol. The number of aliphatic hydroxyl groups is 2. The van der Waals surface area contributed by atoms with Gasteiger partial charge in [-0.3, -0.25) is 19.3 Å². The first-order valence-electron chi connectivity index (χ1n) is 20.5. The van der Waals surface area contributed by atoms with Gasteiger partial charge in [-0.1, -0.05) is 65.7 Å². The van der Waals surface area contributed by atoms with Gasteiger partial charge in [0, 0.05) is 31.7 Å². The highest BCUT2D eigenvalue weighted by atomic mass is 16.7. The van der Waals surface area contributed by atoms with Crippen LogP contribution in [-0.4, -0.2) is 129 Å². The normalized spacial score (nSPS) is 21.6. The van der Waals surface area contributed by atoms with Crippen molar-refractivity contribution >= 4 is 29.7 Å². The molecule has 15 nitrogen and oxygen atoms in total. The van der Waals surface area contributed by atoms with Crippen LogP contribution in [0.25, 0.3) is 0 Å². The molecule has 6 atom stereocenters. The first kappa shape index (κ1) is 53.0. The number of nitrogens with one attached hydrogen (secondary N) is 3. The third-order valence-corrected chi connectivity index (χ3v) is 8.55. The molecule has 15 heteroatoms. The van der Waals surface area contributed by atoms with Crippen molar-refractivity contribution < 1.29 is 48.3 Å². The monoisotopic (exact) mass is 798 g/mol. The number of hydrogen-bond donors (Lipinski definition) is 6. The van der Waals surface area contributed by atoms with Gasteiger partial charge in [0.2, 0.25) is 17.7 Å². The molecule has 5 unspecified atom stereocenters. The molecule has 324 valence electrons. The fourth-order valence-corrected chi connectivity index (χ4v) is 5.08. The van der Waals surface area contributed by atoms with Crippen LogP contribution in [0, 0.1) is 5.92 Å². The second-order valence-electron chi connectivity index (χ2n) is 14.0. The van der Waals surface area contributed by atoms with Crippen molar-refractivity contribution in [3.63, 3.8) is 0 Å². The van der Waals surface area contributed by atoms with Gasteiger partial charge < -0.3 is 55.6 Å². The van der Waals surface area contributed by atoms with Gasteiger partial charge in [0.15, 0.2) is 12.6 Å². The van der Waals surface area contributed by atoms with E-state index >= 15 is 0 Å². The standard InChI is InChI=1S/C26H40N4O7.C8H17NO3.C5H12.C2H6/c1-20-11-12-22(32)26(37-20)36-17-14-28-25(35)19-30(15-16-31)18-24(34)27-13-7-3-6-10-23(33)29-21-8-4-2-5-9-21;1-6-2-3-7(10)8(12-6)11-5-4-9;1-4-5(2)3;1-2/h2,4-5,8-9,16,20,22,26,32H,3,6-7,10-15,17-19H2,1H3,(H,27,34)(H,28,35)(H,29,33);6-8,10H,2-5,9H2,1H3;5H,4H2,1-3H3;1-2H3/t;6-,7?,8?;;/m.0../s1. The molecule has 1 aromatic rings. The lowest BCUT2D eigenvalue weighted by Crippen LogP contribution is -2.45. The van der Waals surface area contributed by atoms with Crippen molar-refractivity contribution in [1.29, 1.82) is 0 Å². The first-order chi connectivity index (χ1) is 26.9. The van der Waals surface area contributed by atoms with Crippen LogP contribution in [0.1, 0.15) is 106 Å². The van der Waals surface area contributed by atoms with Crippen molar-refractivity contribution in [1.82, 2.24) is 15.5 Å². The Bertz CT molecular complexity index is 1150. The number of amides is 3. The van der Waals surface area contributed by atoms with E-state index in [4.69, 9.17) is 24.7 Å². The summed E-state index contributed by atoms with van der Waals surface area (Å²) >= 11 is 0. The fourth-order valence-electron chi connectivity index (χ4n) is 5.08. The van der Waals surface area contributed by atoms with Crippen LogP contribution in [-0.2, 0) is 38.1 Å². The third-order valence-electron chi connectivity index (χ3n) is 8.55. The molecule has 7 N–H and O–H groups in total. The van der Waals surface area contributed by atoms with E-state index in [2.05, 4.69) is 36.7 Å². The van der Waals surface area contributed by atoms with Gasteiger partial charge in [-0.25, -0.2) is 0 Å². The number of nitrogens with zero attached hydrogens (tertiary/aromatic N) is 1. The number of rotatable bonds is 21. The van der Waals surface area contributed by atoms with E-state index in [1.54, 1.807) is 0 Å². The highest BCUT2D eigenvalue weighted by Gasteiger charge is 2.29. The zero-order chi connectivity index (χ0) is 42.1. The molecule has 0 bridgehead atoms. The Kier molecular flexibility index (Phi) is 32.2. The topological polar surface area (TPSA) is 211 Å². The molecule has 2 aliphatic heterocycles. The Morgan fingerprint density at radius 2 is 1.36 bits per heavy atom. The number of hydrogen-bond acceptors (Lipinski definition) is 12. The Morgan fingerprint density at radius 3 is 1.86 bits per heavy atom. The molecule has 0 saturated carbocycles. The Balaban J connectivity index is 0.00000130. The highest BCUT2D eigenvalue weighted by Crippen LogP contribution is 2.20. The summed E-state index contributed by atoms with van der Waals surface area (Å²) in [6.45, 7) is 16.0. The van der Waals surface area contributed by atoms with Gasteiger partial charge in [-0.15, -0.1) is 0 Å². The first-order valence-corrected chi connectivity index (χ1v) is 20.5. The summed E-state index contributed by atoms with van der Waals surface area (Å²) in [5.74, 6) is 0.219. The molecular weight excluding hydrogens is 722 g/mol. The molecular formula is C41H75N5O10. The van der Waals surface area contributed by atoms with E-state index < -0.39 is 24.8 Å². The number of benzene rings is 1. The minimum Gasteiger partial charge on any atom is -0.388 e. The van der Waals surface area contributed by atoms with Gasteiger partial charge in [0.1, 0.15) is 18.5 Å². The quantitative estimate of drug-likeness (QED) is 0.0776. The summed E-state index contributed by atoms with van der Waals surface area (Å²) in [5.41, 5.74) is 6.03. The Labute approximate surface area is 336 Å². The Morgan fingerprint density at radius 1 is 0.839 bits per heavy atom. The predicted molar refractivity (Wildman–Crippen MR) is 219 cm³/mol. The molecule has 56 heavy (non-hydrogen) atoms. The highest BCUT2D eigenvalue weighted by molar-refractivity contribution is 5.90. The van der Waals surface area contributed by atoms with Crippen LogP contribution >= 0.6 is 0 Å². The maximum atomic E-state index is 12.2. The predicted octanol–water partition coefficient (Wildman–Crippen LogP) is 3.75. The van der Waals surface area contributed by atoms with Gasteiger partial charge in [-0.2, -0.15) is 0 Å². The second-order valence-corrected chi connectivity index (χ2v) is 14.0. The SMILES string of the molecule is CC.CC1CCC(O)C(OCCNC(=O)CN(CC=O)CC(=O)NCCCCCC(=O)Nc2ccccc2)O1.CCC(C)C.C[C@H]1CCC(O)C(OCCN)O1. The lowest BCUT2D eigenvalue weighted by Gasteiger charge is -2.31. The number of aliphatic hydroxyl groups excluding tert-OH is 2. The maximum Gasteiger partial charge on any atom is 0.234 e. The van der Waals surface area contributed by atoms with E-state index in [0.29, 0.717) is 45.2 Å².